The van der Waals surface area contributed by atoms with E-state index >= 15 is 0 Å². The molecule has 3 rings (SSSR count). The van der Waals surface area contributed by atoms with Crippen LogP contribution >= 0.6 is 0 Å². The summed E-state index contributed by atoms with van der Waals surface area (Å²) in [4.78, 5) is 4.55. The smallest absolute Gasteiger partial charge is 0.203 e. The van der Waals surface area contributed by atoms with Gasteiger partial charge >= 0.3 is 0 Å². The maximum absolute atomic E-state index is 5.98. The van der Waals surface area contributed by atoms with Gasteiger partial charge in [-0.25, -0.2) is 0 Å². The number of hydrogen-bond acceptors (Lipinski definition) is 5. The molecule has 0 aliphatic rings. The van der Waals surface area contributed by atoms with E-state index < -0.39 is 0 Å². The third-order valence-corrected chi connectivity index (χ3v) is 5.64. The van der Waals surface area contributed by atoms with Crippen LogP contribution in [0.5, 0.6) is 28.7 Å². The van der Waals surface area contributed by atoms with Crippen LogP contribution in [0.1, 0.15) is 38.3 Å². The Labute approximate surface area is 190 Å². The normalized spacial score (nSPS) is 11.4. The molecule has 0 fully saturated rings. The number of benzene rings is 3. The van der Waals surface area contributed by atoms with E-state index in [-0.39, 0.29) is 5.41 Å². The summed E-state index contributed by atoms with van der Waals surface area (Å²) in [5, 5.41) is 0. The fourth-order valence-corrected chi connectivity index (χ4v) is 3.24. The first-order chi connectivity index (χ1) is 15.4. The topological polar surface area (TPSA) is 49.3 Å². The van der Waals surface area contributed by atoms with E-state index in [4.69, 9.17) is 18.9 Å². The molecular formula is C27H31NO4. The lowest BCUT2D eigenvalue weighted by Gasteiger charge is -2.23. The van der Waals surface area contributed by atoms with Crippen LogP contribution in [0, 0.1) is 0 Å². The first-order valence-corrected chi connectivity index (χ1v) is 10.6. The molecule has 0 aliphatic carbocycles. The third-order valence-electron chi connectivity index (χ3n) is 5.64. The lowest BCUT2D eigenvalue weighted by molar-refractivity contribution is 0.324. The summed E-state index contributed by atoms with van der Waals surface area (Å²) in [6.07, 6.45) is 2.85. The van der Waals surface area contributed by atoms with E-state index in [1.807, 2.05) is 48.5 Å². The zero-order valence-electron chi connectivity index (χ0n) is 19.6. The highest BCUT2D eigenvalue weighted by molar-refractivity contribution is 5.84. The molecule has 0 spiro atoms. The highest BCUT2D eigenvalue weighted by Gasteiger charge is 2.17. The fourth-order valence-electron chi connectivity index (χ4n) is 3.24. The van der Waals surface area contributed by atoms with Crippen molar-refractivity contribution < 1.29 is 18.9 Å². The van der Waals surface area contributed by atoms with Gasteiger partial charge in [-0.1, -0.05) is 32.9 Å². The maximum Gasteiger partial charge on any atom is 0.203 e. The molecule has 0 N–H and O–H groups in total. The Morgan fingerprint density at radius 1 is 0.781 bits per heavy atom. The van der Waals surface area contributed by atoms with E-state index in [0.717, 1.165) is 29.2 Å². The summed E-state index contributed by atoms with van der Waals surface area (Å²) >= 11 is 0. The second-order valence-corrected chi connectivity index (χ2v) is 8.07. The summed E-state index contributed by atoms with van der Waals surface area (Å²) in [5.41, 5.74) is 3.13. The predicted octanol–water partition coefficient (Wildman–Crippen LogP) is 6.94. The highest BCUT2D eigenvalue weighted by Crippen LogP contribution is 2.38. The lowest BCUT2D eigenvalue weighted by atomic mass is 9.82. The zero-order valence-corrected chi connectivity index (χ0v) is 19.6. The van der Waals surface area contributed by atoms with Gasteiger partial charge in [0.25, 0.3) is 0 Å². The number of methoxy groups -OCH3 is 3. The molecule has 0 aromatic heterocycles. The van der Waals surface area contributed by atoms with Crippen molar-refractivity contribution in [2.24, 2.45) is 4.99 Å². The van der Waals surface area contributed by atoms with Crippen LogP contribution in [0.15, 0.2) is 65.7 Å². The molecule has 0 saturated carbocycles. The second-order valence-electron chi connectivity index (χ2n) is 8.07. The van der Waals surface area contributed by atoms with Crippen LogP contribution in [-0.4, -0.2) is 27.5 Å². The Bertz CT molecular complexity index is 1030. The minimum absolute atomic E-state index is 0.163. The van der Waals surface area contributed by atoms with E-state index in [0.29, 0.717) is 17.2 Å². The summed E-state index contributed by atoms with van der Waals surface area (Å²) in [5.74, 6) is 3.31. The predicted molar refractivity (Wildman–Crippen MR) is 130 cm³/mol. The molecule has 0 aliphatic heterocycles. The van der Waals surface area contributed by atoms with Crippen molar-refractivity contribution in [1.82, 2.24) is 0 Å². The SMILES string of the molecule is CCC(C)(C)c1ccc(Oc2ccc(N=Cc3cc(OC)c(OC)c(OC)c3)cc2)cc1. The summed E-state index contributed by atoms with van der Waals surface area (Å²) in [7, 11) is 4.77. The van der Waals surface area contributed by atoms with Gasteiger partial charge in [-0.05, 0) is 65.9 Å². The molecule has 0 heterocycles. The van der Waals surface area contributed by atoms with Crippen LogP contribution in [0.2, 0.25) is 0 Å². The Morgan fingerprint density at radius 2 is 1.31 bits per heavy atom. The van der Waals surface area contributed by atoms with Gasteiger partial charge in [-0.15, -0.1) is 0 Å². The van der Waals surface area contributed by atoms with E-state index in [9.17, 15) is 0 Å². The quantitative estimate of drug-likeness (QED) is 0.343. The van der Waals surface area contributed by atoms with E-state index in [1.165, 1.54) is 5.56 Å². The summed E-state index contributed by atoms with van der Waals surface area (Å²) in [6, 6.07) is 19.7. The molecule has 0 atom stereocenters. The van der Waals surface area contributed by atoms with Crippen molar-refractivity contribution in [3.8, 4) is 28.7 Å². The average Bonchev–Trinajstić information content (AvgIpc) is 2.83. The number of nitrogens with zero attached hydrogens (tertiary/aromatic N) is 1. The number of aliphatic imine (C=N–C) groups is 1. The molecule has 32 heavy (non-hydrogen) atoms. The Kier molecular flexibility index (Phi) is 7.41. The molecule has 168 valence electrons. The van der Waals surface area contributed by atoms with Gasteiger partial charge in [0.1, 0.15) is 11.5 Å². The van der Waals surface area contributed by atoms with Gasteiger partial charge < -0.3 is 18.9 Å². The molecule has 0 bridgehead atoms. The molecule has 0 radical (unpaired) electrons. The lowest BCUT2D eigenvalue weighted by Crippen LogP contribution is -2.14. The average molecular weight is 434 g/mol. The summed E-state index contributed by atoms with van der Waals surface area (Å²) in [6.45, 7) is 6.70. The molecular weight excluding hydrogens is 402 g/mol. The van der Waals surface area contributed by atoms with Gasteiger partial charge in [-0.3, -0.25) is 4.99 Å². The van der Waals surface area contributed by atoms with Crippen LogP contribution in [0.4, 0.5) is 5.69 Å². The first kappa shape index (κ1) is 23.2. The van der Waals surface area contributed by atoms with Gasteiger partial charge in [-0.2, -0.15) is 0 Å². The monoisotopic (exact) mass is 433 g/mol. The minimum atomic E-state index is 0.163. The van der Waals surface area contributed by atoms with Crippen molar-refractivity contribution in [3.05, 3.63) is 71.8 Å². The molecule has 0 unspecified atom stereocenters. The largest absolute Gasteiger partial charge is 0.493 e. The molecule has 0 amide bonds. The van der Waals surface area contributed by atoms with Crippen LogP contribution in [0.25, 0.3) is 0 Å². The Morgan fingerprint density at radius 3 is 1.78 bits per heavy atom. The molecule has 3 aromatic carbocycles. The van der Waals surface area contributed by atoms with Crippen molar-refractivity contribution in [2.45, 2.75) is 32.6 Å². The van der Waals surface area contributed by atoms with Crippen molar-refractivity contribution in [3.63, 3.8) is 0 Å². The van der Waals surface area contributed by atoms with Crippen LogP contribution in [0.3, 0.4) is 0 Å². The van der Waals surface area contributed by atoms with Crippen molar-refractivity contribution >= 4 is 11.9 Å². The van der Waals surface area contributed by atoms with Gasteiger partial charge in [0.05, 0.1) is 27.0 Å². The maximum atomic E-state index is 5.98. The molecule has 0 saturated heterocycles. The molecule has 5 heteroatoms. The Balaban J connectivity index is 1.70. The summed E-state index contributed by atoms with van der Waals surface area (Å²) < 4.78 is 22.1. The number of hydrogen-bond donors (Lipinski definition) is 0. The molecule has 5 nitrogen and oxygen atoms in total. The minimum Gasteiger partial charge on any atom is -0.493 e. The van der Waals surface area contributed by atoms with Gasteiger partial charge in [0, 0.05) is 11.8 Å². The van der Waals surface area contributed by atoms with Crippen molar-refractivity contribution in [1.29, 1.82) is 0 Å². The first-order valence-electron chi connectivity index (χ1n) is 10.6. The van der Waals surface area contributed by atoms with E-state index in [2.05, 4.69) is 37.9 Å². The highest BCUT2D eigenvalue weighted by atomic mass is 16.5. The van der Waals surface area contributed by atoms with Crippen LogP contribution < -0.4 is 18.9 Å². The standard InChI is InChI=1S/C27H31NO4/c1-7-27(2,3)20-8-12-22(13-9-20)32-23-14-10-21(11-15-23)28-18-19-16-24(29-4)26(31-6)25(17-19)30-5/h8-18H,7H2,1-6H3. The Hall–Kier alpha value is -3.47. The van der Waals surface area contributed by atoms with Crippen molar-refractivity contribution in [2.75, 3.05) is 21.3 Å². The van der Waals surface area contributed by atoms with Gasteiger partial charge in [0.2, 0.25) is 5.75 Å². The molecule has 3 aromatic rings. The van der Waals surface area contributed by atoms with Crippen LogP contribution in [-0.2, 0) is 5.41 Å². The van der Waals surface area contributed by atoms with Gasteiger partial charge in [0.15, 0.2) is 11.5 Å². The number of rotatable bonds is 9. The number of ether oxygens (including phenoxy) is 4. The third kappa shape index (κ3) is 5.41. The zero-order chi connectivity index (χ0) is 23.1. The van der Waals surface area contributed by atoms with E-state index in [1.54, 1.807) is 27.5 Å². The second kappa shape index (κ2) is 10.2. The fraction of sp³-hybridized carbons (Fsp3) is 0.296.